The van der Waals surface area contributed by atoms with Crippen molar-refractivity contribution in [3.8, 4) is 5.69 Å². The number of carbonyl (C=O) groups is 1. The molecule has 0 aliphatic heterocycles. The molecule has 0 spiro atoms. The third kappa shape index (κ3) is 2.52. The number of carboxylic acids is 1. The fraction of sp³-hybridized carbons (Fsp3) is 0.0769. The Labute approximate surface area is 122 Å². The maximum Gasteiger partial charge on any atom is 0.348 e. The quantitative estimate of drug-likeness (QED) is 0.704. The second kappa shape index (κ2) is 5.41. The minimum Gasteiger partial charge on any atom is -0.481 e. The summed E-state index contributed by atoms with van der Waals surface area (Å²) in [5, 5.41) is 17.0. The monoisotopic (exact) mass is 302 g/mol. The molecule has 2 N–H and O–H groups in total. The number of hydrogen-bond donors (Lipinski definition) is 2. The standard InChI is InChI=1S/C13H10N4O3S/c18-11(19)7-21-13-16-15-12(20)17(13)10-3-1-2-8-6-14-5-4-9(8)10/h1-6H,7H2,(H,15,20)(H,18,19). The van der Waals surface area contributed by atoms with Crippen molar-refractivity contribution in [2.45, 2.75) is 5.16 Å². The van der Waals surface area contributed by atoms with Crippen molar-refractivity contribution < 1.29 is 9.90 Å². The van der Waals surface area contributed by atoms with Crippen LogP contribution in [0.25, 0.3) is 16.5 Å². The van der Waals surface area contributed by atoms with E-state index < -0.39 is 11.7 Å². The molecule has 0 unspecified atom stereocenters. The number of fused-ring (bicyclic) bond motifs is 1. The van der Waals surface area contributed by atoms with Crippen molar-refractivity contribution in [1.29, 1.82) is 0 Å². The molecule has 0 aliphatic carbocycles. The van der Waals surface area contributed by atoms with Crippen LogP contribution < -0.4 is 5.69 Å². The first kappa shape index (κ1) is 13.4. The van der Waals surface area contributed by atoms with E-state index in [4.69, 9.17) is 5.11 Å². The highest BCUT2D eigenvalue weighted by atomic mass is 32.2. The van der Waals surface area contributed by atoms with Crippen LogP contribution in [0.15, 0.2) is 46.6 Å². The summed E-state index contributed by atoms with van der Waals surface area (Å²) < 4.78 is 1.37. The largest absolute Gasteiger partial charge is 0.481 e. The number of hydrogen-bond acceptors (Lipinski definition) is 5. The number of nitrogens with zero attached hydrogens (tertiary/aromatic N) is 3. The van der Waals surface area contributed by atoms with Crippen LogP contribution in [0, 0.1) is 0 Å². The van der Waals surface area contributed by atoms with Gasteiger partial charge in [0.2, 0.25) is 0 Å². The summed E-state index contributed by atoms with van der Waals surface area (Å²) >= 11 is 0.985. The van der Waals surface area contributed by atoms with E-state index in [1.807, 2.05) is 12.1 Å². The Bertz CT molecular complexity index is 866. The number of rotatable bonds is 4. The molecule has 0 saturated carbocycles. The molecule has 0 aliphatic rings. The number of benzene rings is 1. The van der Waals surface area contributed by atoms with Crippen LogP contribution >= 0.6 is 11.8 Å². The Morgan fingerprint density at radius 2 is 2.24 bits per heavy atom. The lowest BCUT2D eigenvalue weighted by molar-refractivity contribution is -0.133. The van der Waals surface area contributed by atoms with Gasteiger partial charge >= 0.3 is 11.7 Å². The molecular weight excluding hydrogens is 292 g/mol. The number of pyridine rings is 1. The minimum atomic E-state index is -0.968. The van der Waals surface area contributed by atoms with Crippen LogP contribution in [0.1, 0.15) is 0 Å². The maximum absolute atomic E-state index is 12.0. The van der Waals surface area contributed by atoms with Gasteiger partial charge in [0, 0.05) is 23.2 Å². The van der Waals surface area contributed by atoms with Gasteiger partial charge in [0.25, 0.3) is 0 Å². The van der Waals surface area contributed by atoms with Gasteiger partial charge in [-0.2, -0.15) is 0 Å². The Balaban J connectivity index is 2.17. The van der Waals surface area contributed by atoms with E-state index >= 15 is 0 Å². The molecule has 2 heterocycles. The Hall–Kier alpha value is -2.61. The number of thioether (sulfide) groups is 1. The molecule has 0 bridgehead atoms. The lowest BCUT2D eigenvalue weighted by atomic mass is 10.1. The molecule has 0 amide bonds. The summed E-state index contributed by atoms with van der Waals surface area (Å²) in [4.78, 5) is 26.7. The summed E-state index contributed by atoms with van der Waals surface area (Å²) in [5.74, 6) is -1.14. The van der Waals surface area contributed by atoms with Gasteiger partial charge in [0.05, 0.1) is 11.4 Å². The number of aromatic amines is 1. The van der Waals surface area contributed by atoms with Gasteiger partial charge < -0.3 is 5.11 Å². The molecule has 106 valence electrons. The number of carboxylic acid groups (broad SMARTS) is 1. The number of aromatic nitrogens is 4. The second-order valence-corrected chi connectivity index (χ2v) is 5.15. The summed E-state index contributed by atoms with van der Waals surface area (Å²) in [6, 6.07) is 7.28. The van der Waals surface area contributed by atoms with Gasteiger partial charge in [-0.15, -0.1) is 5.10 Å². The molecule has 2 aromatic heterocycles. The van der Waals surface area contributed by atoms with Gasteiger partial charge in [0.15, 0.2) is 5.16 Å². The van der Waals surface area contributed by atoms with E-state index in [2.05, 4.69) is 15.2 Å². The summed E-state index contributed by atoms with van der Waals surface area (Å²) in [6.07, 6.45) is 3.34. The minimum absolute atomic E-state index is 0.170. The molecule has 8 heteroatoms. The highest BCUT2D eigenvalue weighted by Gasteiger charge is 2.14. The molecule has 3 aromatic rings. The average molecular weight is 302 g/mol. The van der Waals surface area contributed by atoms with Crippen LogP contribution in [0.4, 0.5) is 0 Å². The van der Waals surface area contributed by atoms with Gasteiger partial charge in [0.1, 0.15) is 0 Å². The lowest BCUT2D eigenvalue weighted by Gasteiger charge is -2.08. The molecule has 1 aromatic carbocycles. The zero-order valence-electron chi connectivity index (χ0n) is 10.7. The van der Waals surface area contributed by atoms with Crippen molar-refractivity contribution in [3.63, 3.8) is 0 Å². The SMILES string of the molecule is O=C(O)CSc1n[nH]c(=O)n1-c1cccc2cnccc12. The molecule has 0 fully saturated rings. The van der Waals surface area contributed by atoms with E-state index in [-0.39, 0.29) is 5.75 Å². The molecule has 3 rings (SSSR count). The van der Waals surface area contributed by atoms with Crippen LogP contribution in [-0.4, -0.2) is 36.6 Å². The Morgan fingerprint density at radius 3 is 3.05 bits per heavy atom. The summed E-state index contributed by atoms with van der Waals surface area (Å²) in [5.41, 5.74) is 0.230. The van der Waals surface area contributed by atoms with E-state index in [1.54, 1.807) is 24.5 Å². The number of aliphatic carboxylic acids is 1. The Morgan fingerprint density at radius 1 is 1.38 bits per heavy atom. The van der Waals surface area contributed by atoms with Crippen molar-refractivity contribution in [3.05, 3.63) is 47.1 Å². The van der Waals surface area contributed by atoms with E-state index in [0.717, 1.165) is 22.5 Å². The predicted octanol–water partition coefficient (Wildman–Crippen LogP) is 1.29. The van der Waals surface area contributed by atoms with Crippen molar-refractivity contribution >= 4 is 28.5 Å². The van der Waals surface area contributed by atoms with E-state index in [9.17, 15) is 9.59 Å². The third-order valence-corrected chi connectivity index (χ3v) is 3.79. The molecule has 0 radical (unpaired) electrons. The first-order chi connectivity index (χ1) is 10.2. The van der Waals surface area contributed by atoms with Crippen LogP contribution in [-0.2, 0) is 4.79 Å². The predicted molar refractivity (Wildman–Crippen MR) is 77.8 cm³/mol. The first-order valence-corrected chi connectivity index (χ1v) is 7.00. The van der Waals surface area contributed by atoms with Crippen molar-refractivity contribution in [2.24, 2.45) is 0 Å². The van der Waals surface area contributed by atoms with E-state index in [0.29, 0.717) is 10.8 Å². The second-order valence-electron chi connectivity index (χ2n) is 4.20. The van der Waals surface area contributed by atoms with Gasteiger partial charge in [-0.3, -0.25) is 9.78 Å². The highest BCUT2D eigenvalue weighted by molar-refractivity contribution is 7.99. The average Bonchev–Trinajstić information content (AvgIpc) is 2.85. The fourth-order valence-electron chi connectivity index (χ4n) is 2.02. The summed E-state index contributed by atoms with van der Waals surface area (Å²) in [7, 11) is 0. The molecule has 21 heavy (non-hydrogen) atoms. The normalized spacial score (nSPS) is 10.9. The number of nitrogens with one attached hydrogen (secondary N) is 1. The topological polar surface area (TPSA) is 101 Å². The third-order valence-electron chi connectivity index (χ3n) is 2.86. The maximum atomic E-state index is 12.0. The van der Waals surface area contributed by atoms with Gasteiger partial charge in [-0.25, -0.2) is 14.5 Å². The zero-order chi connectivity index (χ0) is 14.8. The molecule has 7 nitrogen and oxygen atoms in total. The molecular formula is C13H10N4O3S. The van der Waals surface area contributed by atoms with Gasteiger partial charge in [-0.1, -0.05) is 23.9 Å². The molecule has 0 atom stereocenters. The Kier molecular flexibility index (Phi) is 3.44. The van der Waals surface area contributed by atoms with Crippen LogP contribution in [0.5, 0.6) is 0 Å². The van der Waals surface area contributed by atoms with Gasteiger partial charge in [-0.05, 0) is 12.1 Å². The lowest BCUT2D eigenvalue weighted by Crippen LogP contribution is -2.16. The van der Waals surface area contributed by atoms with Crippen molar-refractivity contribution in [2.75, 3.05) is 5.75 Å². The van der Waals surface area contributed by atoms with E-state index in [1.165, 1.54) is 4.57 Å². The smallest absolute Gasteiger partial charge is 0.348 e. The highest BCUT2D eigenvalue weighted by Crippen LogP contribution is 2.24. The van der Waals surface area contributed by atoms with Crippen molar-refractivity contribution in [1.82, 2.24) is 19.7 Å². The number of H-pyrrole nitrogens is 1. The van der Waals surface area contributed by atoms with Crippen LogP contribution in [0.2, 0.25) is 0 Å². The molecule has 0 saturated heterocycles. The van der Waals surface area contributed by atoms with Crippen LogP contribution in [0.3, 0.4) is 0 Å². The zero-order valence-corrected chi connectivity index (χ0v) is 11.5. The fourth-order valence-corrected chi connectivity index (χ4v) is 2.69. The summed E-state index contributed by atoms with van der Waals surface area (Å²) in [6.45, 7) is 0. The first-order valence-electron chi connectivity index (χ1n) is 6.02.